The van der Waals surface area contributed by atoms with Gasteiger partial charge in [0.1, 0.15) is 12.7 Å². The molecular formula is C11H21N3O2. The number of nitrogens with zero attached hydrogens (tertiary/aromatic N) is 2. The van der Waals surface area contributed by atoms with Crippen molar-refractivity contribution < 1.29 is 9.47 Å². The van der Waals surface area contributed by atoms with E-state index in [0.29, 0.717) is 25.8 Å². The first-order valence-electron chi connectivity index (χ1n) is 5.66. The van der Waals surface area contributed by atoms with Gasteiger partial charge in [-0.3, -0.25) is 4.68 Å². The zero-order valence-corrected chi connectivity index (χ0v) is 10.2. The van der Waals surface area contributed by atoms with Crippen LogP contribution in [0.1, 0.15) is 26.8 Å². The molecule has 0 fully saturated rings. The Morgan fingerprint density at radius 1 is 1.50 bits per heavy atom. The largest absolute Gasteiger partial charge is 0.488 e. The van der Waals surface area contributed by atoms with Gasteiger partial charge in [-0.05, 0) is 20.8 Å². The topological polar surface area (TPSA) is 62.3 Å². The predicted molar refractivity (Wildman–Crippen MR) is 62.6 cm³/mol. The van der Waals surface area contributed by atoms with E-state index in [-0.39, 0.29) is 6.10 Å². The first-order chi connectivity index (χ1) is 7.67. The summed E-state index contributed by atoms with van der Waals surface area (Å²) in [6, 6.07) is 0.342. The van der Waals surface area contributed by atoms with Crippen molar-refractivity contribution in [1.82, 2.24) is 9.78 Å². The van der Waals surface area contributed by atoms with E-state index >= 15 is 0 Å². The SMILES string of the molecule is CCOC(CN)COc1cnn(C(C)C)c1. The maximum absolute atomic E-state index is 5.55. The average molecular weight is 227 g/mol. The highest BCUT2D eigenvalue weighted by molar-refractivity contribution is 5.12. The van der Waals surface area contributed by atoms with Crippen LogP contribution < -0.4 is 10.5 Å². The van der Waals surface area contributed by atoms with Crippen LogP contribution in [0.5, 0.6) is 5.75 Å². The fourth-order valence-electron chi connectivity index (χ4n) is 1.29. The van der Waals surface area contributed by atoms with Gasteiger partial charge in [0.2, 0.25) is 0 Å². The Morgan fingerprint density at radius 3 is 2.75 bits per heavy atom. The summed E-state index contributed by atoms with van der Waals surface area (Å²) in [7, 11) is 0. The van der Waals surface area contributed by atoms with Crippen LogP contribution in [0.4, 0.5) is 0 Å². The molecule has 0 bridgehead atoms. The van der Waals surface area contributed by atoms with Crippen molar-refractivity contribution in [3.63, 3.8) is 0 Å². The van der Waals surface area contributed by atoms with E-state index in [1.54, 1.807) is 6.20 Å². The number of hydrogen-bond acceptors (Lipinski definition) is 4. The van der Waals surface area contributed by atoms with Gasteiger partial charge in [0, 0.05) is 19.2 Å². The smallest absolute Gasteiger partial charge is 0.157 e. The molecule has 0 saturated heterocycles. The predicted octanol–water partition coefficient (Wildman–Crippen LogP) is 1.21. The molecule has 2 N–H and O–H groups in total. The molecule has 1 heterocycles. The maximum atomic E-state index is 5.55. The third kappa shape index (κ3) is 3.83. The lowest BCUT2D eigenvalue weighted by Crippen LogP contribution is -2.30. The number of rotatable bonds is 7. The van der Waals surface area contributed by atoms with Gasteiger partial charge >= 0.3 is 0 Å². The van der Waals surface area contributed by atoms with Crippen LogP contribution in [0.3, 0.4) is 0 Å². The number of nitrogens with two attached hydrogens (primary N) is 1. The average Bonchev–Trinajstić information content (AvgIpc) is 2.73. The van der Waals surface area contributed by atoms with Crippen molar-refractivity contribution >= 4 is 0 Å². The standard InChI is InChI=1S/C11H21N3O2/c1-4-15-10(5-12)8-16-11-6-13-14(7-11)9(2)3/h6-7,9-10H,4-5,8,12H2,1-3H3. The van der Waals surface area contributed by atoms with Crippen LogP contribution in [0.25, 0.3) is 0 Å². The molecule has 1 unspecified atom stereocenters. The molecule has 5 nitrogen and oxygen atoms in total. The van der Waals surface area contributed by atoms with Crippen LogP contribution >= 0.6 is 0 Å². The lowest BCUT2D eigenvalue weighted by molar-refractivity contribution is 0.0336. The van der Waals surface area contributed by atoms with Gasteiger partial charge in [-0.15, -0.1) is 0 Å². The van der Waals surface area contributed by atoms with E-state index in [4.69, 9.17) is 15.2 Å². The molecule has 5 heteroatoms. The molecule has 0 saturated carbocycles. The lowest BCUT2D eigenvalue weighted by Gasteiger charge is -2.14. The van der Waals surface area contributed by atoms with Crippen LogP contribution in [0.2, 0.25) is 0 Å². The normalized spacial score (nSPS) is 13.1. The minimum Gasteiger partial charge on any atom is -0.488 e. The highest BCUT2D eigenvalue weighted by atomic mass is 16.5. The Balaban J connectivity index is 2.41. The van der Waals surface area contributed by atoms with Gasteiger partial charge in [-0.2, -0.15) is 5.10 Å². The fraction of sp³-hybridized carbons (Fsp3) is 0.727. The third-order valence-electron chi connectivity index (χ3n) is 2.21. The minimum atomic E-state index is -0.0487. The molecule has 0 aromatic carbocycles. The molecule has 92 valence electrons. The summed E-state index contributed by atoms with van der Waals surface area (Å²) in [5, 5.41) is 4.19. The molecule has 0 spiro atoms. The van der Waals surface area contributed by atoms with Crippen LogP contribution in [-0.2, 0) is 4.74 Å². The highest BCUT2D eigenvalue weighted by Crippen LogP contribution is 2.12. The van der Waals surface area contributed by atoms with Crippen molar-refractivity contribution in [2.24, 2.45) is 5.73 Å². The van der Waals surface area contributed by atoms with E-state index in [1.807, 2.05) is 17.8 Å². The summed E-state index contributed by atoms with van der Waals surface area (Å²) in [6.07, 6.45) is 3.54. The van der Waals surface area contributed by atoms with Gasteiger partial charge in [0.25, 0.3) is 0 Å². The highest BCUT2D eigenvalue weighted by Gasteiger charge is 2.08. The van der Waals surface area contributed by atoms with E-state index in [0.717, 1.165) is 5.75 Å². The zero-order chi connectivity index (χ0) is 12.0. The monoisotopic (exact) mass is 227 g/mol. The molecule has 0 aliphatic carbocycles. The first-order valence-corrected chi connectivity index (χ1v) is 5.66. The summed E-state index contributed by atoms with van der Waals surface area (Å²) in [5.74, 6) is 0.756. The van der Waals surface area contributed by atoms with Gasteiger partial charge in [0.15, 0.2) is 5.75 Å². The van der Waals surface area contributed by atoms with Gasteiger partial charge in [-0.25, -0.2) is 0 Å². The van der Waals surface area contributed by atoms with E-state index in [2.05, 4.69) is 18.9 Å². The number of aromatic nitrogens is 2. The van der Waals surface area contributed by atoms with Crippen molar-refractivity contribution in [2.45, 2.75) is 32.9 Å². The molecule has 0 aliphatic heterocycles. The maximum Gasteiger partial charge on any atom is 0.157 e. The molecule has 0 radical (unpaired) electrons. The van der Waals surface area contributed by atoms with Gasteiger partial charge in [0.05, 0.1) is 12.4 Å². The molecule has 1 aromatic heterocycles. The molecule has 1 atom stereocenters. The molecule has 1 aromatic rings. The molecular weight excluding hydrogens is 206 g/mol. The van der Waals surface area contributed by atoms with Crippen LogP contribution in [0.15, 0.2) is 12.4 Å². The number of hydrogen-bond donors (Lipinski definition) is 1. The summed E-state index contributed by atoms with van der Waals surface area (Å²) >= 11 is 0. The second-order valence-corrected chi connectivity index (χ2v) is 3.87. The van der Waals surface area contributed by atoms with Crippen molar-refractivity contribution in [1.29, 1.82) is 0 Å². The van der Waals surface area contributed by atoms with Crippen molar-refractivity contribution in [3.8, 4) is 5.75 Å². The van der Waals surface area contributed by atoms with Gasteiger partial charge < -0.3 is 15.2 Å². The first kappa shape index (κ1) is 13.0. The summed E-state index contributed by atoms with van der Waals surface area (Å²) in [4.78, 5) is 0. The summed E-state index contributed by atoms with van der Waals surface area (Å²) < 4.78 is 12.8. The minimum absolute atomic E-state index is 0.0487. The molecule has 16 heavy (non-hydrogen) atoms. The second kappa shape index (κ2) is 6.50. The third-order valence-corrected chi connectivity index (χ3v) is 2.21. The Labute approximate surface area is 96.5 Å². The molecule has 0 amide bonds. The number of ether oxygens (including phenoxy) is 2. The Kier molecular flexibility index (Phi) is 5.28. The fourth-order valence-corrected chi connectivity index (χ4v) is 1.29. The van der Waals surface area contributed by atoms with Crippen molar-refractivity contribution in [3.05, 3.63) is 12.4 Å². The Bertz CT molecular complexity index is 299. The Hall–Kier alpha value is -1.07. The lowest BCUT2D eigenvalue weighted by atomic mass is 10.4. The van der Waals surface area contributed by atoms with Crippen molar-refractivity contribution in [2.75, 3.05) is 19.8 Å². The molecule has 1 rings (SSSR count). The van der Waals surface area contributed by atoms with E-state index in [9.17, 15) is 0 Å². The van der Waals surface area contributed by atoms with E-state index in [1.165, 1.54) is 0 Å². The van der Waals surface area contributed by atoms with E-state index < -0.39 is 0 Å². The summed E-state index contributed by atoms with van der Waals surface area (Å²) in [5.41, 5.74) is 5.55. The van der Waals surface area contributed by atoms with Crippen LogP contribution in [-0.4, -0.2) is 35.6 Å². The van der Waals surface area contributed by atoms with Crippen LogP contribution in [0, 0.1) is 0 Å². The Morgan fingerprint density at radius 2 is 2.25 bits per heavy atom. The van der Waals surface area contributed by atoms with Gasteiger partial charge in [-0.1, -0.05) is 0 Å². The molecule has 0 aliphatic rings. The second-order valence-electron chi connectivity index (χ2n) is 3.87. The summed E-state index contributed by atoms with van der Waals surface area (Å²) in [6.45, 7) is 7.66. The quantitative estimate of drug-likeness (QED) is 0.760. The zero-order valence-electron chi connectivity index (χ0n) is 10.2.